The highest BCUT2D eigenvalue weighted by molar-refractivity contribution is 5.83. The smallest absolute Gasteiger partial charge is 0.327 e. The molecule has 35 heavy (non-hydrogen) atoms. The van der Waals surface area contributed by atoms with Crippen molar-refractivity contribution in [1.82, 2.24) is 30.1 Å². The predicted molar refractivity (Wildman–Crippen MR) is 131 cm³/mol. The first kappa shape index (κ1) is 25.0. The number of aromatic nitrogens is 5. The summed E-state index contributed by atoms with van der Waals surface area (Å²) in [6.45, 7) is 9.91. The highest BCUT2D eigenvalue weighted by Gasteiger charge is 2.30. The van der Waals surface area contributed by atoms with Crippen LogP contribution in [-0.2, 0) is 27.4 Å². The van der Waals surface area contributed by atoms with E-state index in [1.165, 1.54) is 4.68 Å². The molecule has 188 valence electrons. The first-order chi connectivity index (χ1) is 16.9. The Morgan fingerprint density at radius 1 is 1.31 bits per heavy atom. The van der Waals surface area contributed by atoms with Crippen molar-refractivity contribution < 1.29 is 14.3 Å². The van der Waals surface area contributed by atoms with Crippen LogP contribution in [0.25, 0.3) is 10.9 Å². The molecule has 1 fully saturated rings. The molecule has 0 spiro atoms. The lowest BCUT2D eigenvalue weighted by molar-refractivity contribution is -0.144. The van der Waals surface area contributed by atoms with E-state index in [9.17, 15) is 9.59 Å². The number of aromatic amines is 1. The van der Waals surface area contributed by atoms with E-state index in [0.29, 0.717) is 37.5 Å². The second-order valence-electron chi connectivity index (χ2n) is 9.16. The molecule has 1 saturated heterocycles. The van der Waals surface area contributed by atoms with Crippen molar-refractivity contribution in [1.29, 1.82) is 0 Å². The average molecular weight is 483 g/mol. The van der Waals surface area contributed by atoms with Gasteiger partial charge in [-0.15, -0.1) is 5.10 Å². The number of esters is 1. The second kappa shape index (κ2) is 11.1. The monoisotopic (exact) mass is 482 g/mol. The van der Waals surface area contributed by atoms with E-state index in [-0.39, 0.29) is 24.2 Å². The van der Waals surface area contributed by atoms with Crippen molar-refractivity contribution in [2.45, 2.75) is 72.2 Å². The number of aryl methyl sites for hydroxylation is 2. The number of pyridine rings is 1. The maximum absolute atomic E-state index is 13.1. The summed E-state index contributed by atoms with van der Waals surface area (Å²) in [5.74, 6) is 0.181. The molecule has 0 unspecified atom stereocenters. The van der Waals surface area contributed by atoms with Gasteiger partial charge in [-0.3, -0.25) is 14.5 Å². The van der Waals surface area contributed by atoms with Crippen molar-refractivity contribution >= 4 is 16.9 Å². The van der Waals surface area contributed by atoms with Crippen LogP contribution < -0.4 is 5.56 Å². The molecule has 1 N–H and O–H groups in total. The Bertz CT molecular complexity index is 1230. The van der Waals surface area contributed by atoms with Crippen LogP contribution in [0.4, 0.5) is 0 Å². The van der Waals surface area contributed by atoms with Crippen molar-refractivity contribution in [3.05, 3.63) is 51.1 Å². The Hall–Kier alpha value is -3.11. The fourth-order valence-electron chi connectivity index (χ4n) is 4.90. The molecule has 3 aromatic rings. The Balaban J connectivity index is 1.68. The van der Waals surface area contributed by atoms with Crippen molar-refractivity contribution in [3.63, 3.8) is 0 Å². The molecule has 0 aliphatic carbocycles. The predicted octanol–water partition coefficient (Wildman–Crippen LogP) is 2.83. The van der Waals surface area contributed by atoms with Gasteiger partial charge >= 0.3 is 5.97 Å². The van der Waals surface area contributed by atoms with Gasteiger partial charge in [0.1, 0.15) is 6.54 Å². The number of benzene rings is 1. The minimum atomic E-state index is -0.390. The molecule has 2 aromatic heterocycles. The number of fused-ring (bicyclic) bond motifs is 1. The SMILES string of the molecule is CCOC(=O)Cn1nnnc1[C@@H](CC)N(Cc1cc2c(C)cc(C)cc2[nH]c1=O)C[C@@H]1CCCO1. The van der Waals surface area contributed by atoms with Crippen LogP contribution in [0.3, 0.4) is 0 Å². The molecule has 2 atom stereocenters. The molecule has 0 amide bonds. The van der Waals surface area contributed by atoms with Gasteiger partial charge in [-0.1, -0.05) is 13.0 Å². The fourth-order valence-corrected chi connectivity index (χ4v) is 4.90. The molecular weight excluding hydrogens is 448 g/mol. The van der Waals surface area contributed by atoms with E-state index in [4.69, 9.17) is 9.47 Å². The summed E-state index contributed by atoms with van der Waals surface area (Å²) >= 11 is 0. The first-order valence-corrected chi connectivity index (χ1v) is 12.3. The number of hydrogen-bond acceptors (Lipinski definition) is 8. The minimum absolute atomic E-state index is 0.0600. The molecule has 1 aliphatic rings. The quantitative estimate of drug-likeness (QED) is 0.439. The number of nitrogens with one attached hydrogen (secondary N) is 1. The van der Waals surface area contributed by atoms with Gasteiger partial charge in [0, 0.05) is 36.2 Å². The number of tetrazole rings is 1. The van der Waals surface area contributed by atoms with Gasteiger partial charge < -0.3 is 14.5 Å². The number of rotatable bonds is 10. The van der Waals surface area contributed by atoms with E-state index in [1.807, 2.05) is 26.0 Å². The molecule has 1 aromatic carbocycles. The lowest BCUT2D eigenvalue weighted by Crippen LogP contribution is -2.38. The molecule has 10 nitrogen and oxygen atoms in total. The zero-order chi connectivity index (χ0) is 24.9. The van der Waals surface area contributed by atoms with E-state index < -0.39 is 5.97 Å². The molecule has 0 bridgehead atoms. The molecular formula is C25H34N6O4. The van der Waals surface area contributed by atoms with Crippen LogP contribution in [-0.4, -0.2) is 61.9 Å². The fraction of sp³-hybridized carbons (Fsp3) is 0.560. The topological polar surface area (TPSA) is 115 Å². The lowest BCUT2D eigenvalue weighted by Gasteiger charge is -2.32. The minimum Gasteiger partial charge on any atom is -0.465 e. The third-order valence-corrected chi connectivity index (χ3v) is 6.49. The van der Waals surface area contributed by atoms with Gasteiger partial charge in [0.05, 0.1) is 18.8 Å². The Kier molecular flexibility index (Phi) is 7.92. The van der Waals surface area contributed by atoms with Crippen molar-refractivity contribution in [2.75, 3.05) is 19.8 Å². The number of hydrogen-bond donors (Lipinski definition) is 1. The summed E-state index contributed by atoms with van der Waals surface area (Å²) in [5.41, 5.74) is 3.63. The van der Waals surface area contributed by atoms with Gasteiger partial charge in [-0.05, 0) is 73.7 Å². The molecule has 0 saturated carbocycles. The molecule has 10 heteroatoms. The largest absolute Gasteiger partial charge is 0.465 e. The van der Waals surface area contributed by atoms with Gasteiger partial charge in [-0.25, -0.2) is 4.68 Å². The van der Waals surface area contributed by atoms with Gasteiger partial charge in [-0.2, -0.15) is 0 Å². The molecule has 3 heterocycles. The molecule has 4 rings (SSSR count). The zero-order valence-corrected chi connectivity index (χ0v) is 20.9. The van der Waals surface area contributed by atoms with Crippen molar-refractivity contribution in [2.24, 2.45) is 0 Å². The van der Waals surface area contributed by atoms with Crippen LogP contribution >= 0.6 is 0 Å². The Morgan fingerprint density at radius 3 is 2.86 bits per heavy atom. The first-order valence-electron chi connectivity index (χ1n) is 12.3. The number of H-pyrrole nitrogens is 1. The summed E-state index contributed by atoms with van der Waals surface area (Å²) in [4.78, 5) is 30.5. The zero-order valence-electron chi connectivity index (χ0n) is 20.9. The van der Waals surface area contributed by atoms with Crippen LogP contribution in [0.15, 0.2) is 23.0 Å². The van der Waals surface area contributed by atoms with Gasteiger partial charge in [0.2, 0.25) is 0 Å². The molecule has 1 aliphatic heterocycles. The maximum Gasteiger partial charge on any atom is 0.327 e. The summed E-state index contributed by atoms with van der Waals surface area (Å²) in [5, 5.41) is 13.2. The van der Waals surface area contributed by atoms with Crippen LogP contribution in [0.1, 0.15) is 61.7 Å². The molecule has 0 radical (unpaired) electrons. The Labute approximate surface area is 204 Å². The highest BCUT2D eigenvalue weighted by atomic mass is 16.5. The second-order valence-corrected chi connectivity index (χ2v) is 9.16. The van der Waals surface area contributed by atoms with Crippen molar-refractivity contribution in [3.8, 4) is 0 Å². The lowest BCUT2D eigenvalue weighted by atomic mass is 10.0. The normalized spacial score (nSPS) is 16.8. The summed E-state index contributed by atoms with van der Waals surface area (Å²) in [6.07, 6.45) is 2.75. The van der Waals surface area contributed by atoms with Crippen LogP contribution in [0, 0.1) is 13.8 Å². The average Bonchev–Trinajstić information content (AvgIpc) is 3.48. The van der Waals surface area contributed by atoms with E-state index >= 15 is 0 Å². The van der Waals surface area contributed by atoms with E-state index in [2.05, 4.69) is 38.4 Å². The summed E-state index contributed by atoms with van der Waals surface area (Å²) < 4.78 is 12.5. The van der Waals surface area contributed by atoms with Gasteiger partial charge in [0.15, 0.2) is 5.82 Å². The van der Waals surface area contributed by atoms with E-state index in [1.54, 1.807) is 6.92 Å². The number of carbonyl (C=O) groups excluding carboxylic acids is 1. The number of nitrogens with zero attached hydrogens (tertiary/aromatic N) is 5. The number of carbonyl (C=O) groups is 1. The number of ether oxygens (including phenoxy) is 2. The maximum atomic E-state index is 13.1. The van der Waals surface area contributed by atoms with Crippen LogP contribution in [0.2, 0.25) is 0 Å². The highest BCUT2D eigenvalue weighted by Crippen LogP contribution is 2.27. The third kappa shape index (κ3) is 5.76. The van der Waals surface area contributed by atoms with E-state index in [0.717, 1.165) is 41.5 Å². The Morgan fingerprint density at radius 2 is 2.14 bits per heavy atom. The summed E-state index contributed by atoms with van der Waals surface area (Å²) in [6, 6.07) is 5.89. The third-order valence-electron chi connectivity index (χ3n) is 6.49. The van der Waals surface area contributed by atoms with Gasteiger partial charge in [0.25, 0.3) is 5.56 Å². The summed E-state index contributed by atoms with van der Waals surface area (Å²) in [7, 11) is 0. The van der Waals surface area contributed by atoms with Crippen LogP contribution in [0.5, 0.6) is 0 Å². The standard InChI is InChI=1S/C25H34N6O4/c1-5-22(24-27-28-29-31(24)15-23(32)34-6-2)30(14-19-8-7-9-35-19)13-18-12-20-17(4)10-16(3)11-21(20)26-25(18)33/h10-12,19,22H,5-9,13-15H2,1-4H3,(H,26,33)/t19-,22+/m0/s1.